The molecule has 5 aromatic rings. The van der Waals surface area contributed by atoms with Crippen molar-refractivity contribution >= 4 is 40.6 Å². The van der Waals surface area contributed by atoms with Gasteiger partial charge < -0.3 is 29.2 Å². The lowest BCUT2D eigenvalue weighted by Crippen LogP contribution is -2.51. The highest BCUT2D eigenvalue weighted by molar-refractivity contribution is 6.33. The van der Waals surface area contributed by atoms with Crippen LogP contribution in [0.4, 0.5) is 24.5 Å². The highest BCUT2D eigenvalue weighted by Crippen LogP contribution is 2.56. The minimum Gasteiger partial charge on any atom is -0.485 e. The third kappa shape index (κ3) is 7.04. The number of aromatic nitrogens is 6. The molecule has 0 bridgehead atoms. The second kappa shape index (κ2) is 14.8. The third-order valence-electron chi connectivity index (χ3n) is 10.6. The molecule has 1 saturated carbocycles. The molecule has 8 rings (SSSR count). The number of carbonyl (C=O) groups excluding carboxylic acids is 2. The number of hydrogen-bond acceptors (Lipinski definition) is 10. The molecule has 18 heteroatoms. The fraction of sp³-hybridized carbons (Fsp3) is 0.395. The maximum Gasteiger partial charge on any atom is 0.416 e. The molecular formula is C38H37ClF3N9O5. The zero-order chi connectivity index (χ0) is 39.3. The second-order valence-electron chi connectivity index (χ2n) is 14.0. The number of rotatable bonds is 10. The van der Waals surface area contributed by atoms with Gasteiger partial charge in [-0.25, -0.2) is 9.97 Å². The quantitative estimate of drug-likeness (QED) is 0.210. The summed E-state index contributed by atoms with van der Waals surface area (Å²) in [6.45, 7) is 5.71. The van der Waals surface area contributed by atoms with Crippen molar-refractivity contribution in [1.29, 1.82) is 0 Å². The fourth-order valence-corrected chi connectivity index (χ4v) is 7.86. The minimum absolute atomic E-state index is 0.00117. The van der Waals surface area contributed by atoms with Crippen molar-refractivity contribution in [3.63, 3.8) is 0 Å². The van der Waals surface area contributed by atoms with Gasteiger partial charge in [-0.2, -0.15) is 22.7 Å². The largest absolute Gasteiger partial charge is 0.485 e. The number of piperazine rings is 1. The SMILES string of the molecule is CCc1c(N2CCN(C(=O)c3ncnc(C)c3OCc3ccccc3)CC2)c(=O)n2nc(C3C4COCC43)nc2n1CC(=O)Nc1ccc(C(F)(F)F)cc1Cl. The number of amides is 2. The molecule has 2 aliphatic heterocycles. The van der Waals surface area contributed by atoms with Crippen LogP contribution in [-0.4, -0.2) is 85.2 Å². The first-order valence-corrected chi connectivity index (χ1v) is 18.6. The molecular weight excluding hydrogens is 755 g/mol. The number of carbonyl (C=O) groups is 2. The first kappa shape index (κ1) is 37.4. The van der Waals surface area contributed by atoms with Crippen LogP contribution in [0.3, 0.4) is 0 Å². The molecule has 2 unspecified atom stereocenters. The monoisotopic (exact) mass is 791 g/mol. The molecule has 5 heterocycles. The van der Waals surface area contributed by atoms with Crippen molar-refractivity contribution in [3.8, 4) is 5.75 Å². The summed E-state index contributed by atoms with van der Waals surface area (Å²) in [5.41, 5.74) is 1.06. The van der Waals surface area contributed by atoms with Gasteiger partial charge in [0.25, 0.3) is 11.5 Å². The van der Waals surface area contributed by atoms with E-state index in [0.717, 1.165) is 23.8 Å². The molecule has 0 spiro atoms. The van der Waals surface area contributed by atoms with Gasteiger partial charge in [0.05, 0.1) is 40.9 Å². The van der Waals surface area contributed by atoms with E-state index in [-0.39, 0.29) is 85.2 Å². The first-order chi connectivity index (χ1) is 26.9. The Kier molecular flexibility index (Phi) is 9.90. The number of hydrogen-bond donors (Lipinski definition) is 1. The summed E-state index contributed by atoms with van der Waals surface area (Å²) in [6, 6.07) is 12.2. The van der Waals surface area contributed by atoms with Crippen LogP contribution in [0.25, 0.3) is 5.78 Å². The van der Waals surface area contributed by atoms with Crippen molar-refractivity contribution in [2.24, 2.45) is 11.8 Å². The van der Waals surface area contributed by atoms with E-state index in [1.807, 2.05) is 42.2 Å². The van der Waals surface area contributed by atoms with Gasteiger partial charge in [-0.05, 0) is 48.9 Å². The van der Waals surface area contributed by atoms with Crippen LogP contribution in [-0.2, 0) is 35.3 Å². The van der Waals surface area contributed by atoms with Gasteiger partial charge in [0.15, 0.2) is 17.3 Å². The van der Waals surface area contributed by atoms with E-state index in [0.29, 0.717) is 48.3 Å². The van der Waals surface area contributed by atoms with Gasteiger partial charge in [0.2, 0.25) is 11.7 Å². The molecule has 2 aromatic carbocycles. The molecule has 0 radical (unpaired) electrons. The Morgan fingerprint density at radius 3 is 2.45 bits per heavy atom. The lowest BCUT2D eigenvalue weighted by Gasteiger charge is -2.36. The fourth-order valence-electron chi connectivity index (χ4n) is 7.63. The molecule has 3 aliphatic rings. The van der Waals surface area contributed by atoms with Crippen LogP contribution in [0.1, 0.15) is 51.7 Å². The predicted octanol–water partition coefficient (Wildman–Crippen LogP) is 4.76. The van der Waals surface area contributed by atoms with E-state index >= 15 is 0 Å². The van der Waals surface area contributed by atoms with Gasteiger partial charge in [-0.3, -0.25) is 14.4 Å². The Morgan fingerprint density at radius 2 is 1.77 bits per heavy atom. The summed E-state index contributed by atoms with van der Waals surface area (Å²) in [5, 5.41) is 7.00. The molecule has 14 nitrogen and oxygen atoms in total. The highest BCUT2D eigenvalue weighted by atomic mass is 35.5. The number of benzene rings is 2. The van der Waals surface area contributed by atoms with Crippen molar-refractivity contribution in [2.45, 2.75) is 45.5 Å². The van der Waals surface area contributed by atoms with Crippen LogP contribution < -0.4 is 20.5 Å². The number of nitrogens with zero attached hydrogens (tertiary/aromatic N) is 8. The number of anilines is 2. The van der Waals surface area contributed by atoms with Crippen molar-refractivity contribution in [2.75, 3.05) is 49.6 Å². The Balaban J connectivity index is 1.07. The summed E-state index contributed by atoms with van der Waals surface area (Å²) in [4.78, 5) is 58.7. The smallest absolute Gasteiger partial charge is 0.416 e. The van der Waals surface area contributed by atoms with E-state index in [1.165, 1.54) is 10.8 Å². The standard InChI is InChI=1S/C38H37ClF3N9O5/c1-3-28-32(48-11-13-49(14-12-48)35(53)31-33(21(2)43-20-44-31)56-17-22-7-5-4-6-8-22)36(54)51-37(46-34(47-51)30-24-18-55-19-25(24)30)50(28)16-29(52)45-27-10-9-23(15-26(27)39)38(40,41)42/h4-10,15,20,24-25,30H,3,11-14,16-19H2,1-2H3,(H,45,52). The molecule has 2 atom stereocenters. The Labute approximate surface area is 323 Å². The molecule has 2 amide bonds. The Bertz CT molecular complexity index is 2370. The van der Waals surface area contributed by atoms with Crippen LogP contribution in [0.15, 0.2) is 59.7 Å². The number of fused-ring (bicyclic) bond motifs is 2. The third-order valence-corrected chi connectivity index (χ3v) is 10.9. The summed E-state index contributed by atoms with van der Waals surface area (Å²) in [7, 11) is 0. The van der Waals surface area contributed by atoms with Gasteiger partial charge >= 0.3 is 6.18 Å². The van der Waals surface area contributed by atoms with E-state index in [1.54, 1.807) is 16.4 Å². The lowest BCUT2D eigenvalue weighted by molar-refractivity contribution is -0.137. The summed E-state index contributed by atoms with van der Waals surface area (Å²) in [6.07, 6.45) is -2.96. The zero-order valence-electron chi connectivity index (χ0n) is 30.4. The summed E-state index contributed by atoms with van der Waals surface area (Å²) >= 11 is 6.16. The maximum atomic E-state index is 14.4. The zero-order valence-corrected chi connectivity index (χ0v) is 31.2. The van der Waals surface area contributed by atoms with E-state index < -0.39 is 23.2 Å². The molecule has 3 fully saturated rings. The summed E-state index contributed by atoms with van der Waals surface area (Å²) in [5.74, 6) is 0.544. The van der Waals surface area contributed by atoms with Gasteiger partial charge in [-0.15, -0.1) is 5.10 Å². The molecule has 1 aliphatic carbocycles. The lowest BCUT2D eigenvalue weighted by atomic mass is 10.2. The van der Waals surface area contributed by atoms with Gasteiger partial charge in [-0.1, -0.05) is 48.9 Å². The normalized spacial score (nSPS) is 19.3. The molecule has 292 valence electrons. The van der Waals surface area contributed by atoms with Crippen LogP contribution in [0.5, 0.6) is 5.75 Å². The topological polar surface area (TPSA) is 149 Å². The average molecular weight is 792 g/mol. The Hall–Kier alpha value is -5.55. The highest BCUT2D eigenvalue weighted by Gasteiger charge is 2.57. The van der Waals surface area contributed by atoms with E-state index in [9.17, 15) is 27.6 Å². The van der Waals surface area contributed by atoms with Crippen LogP contribution >= 0.6 is 11.6 Å². The number of ether oxygens (including phenoxy) is 2. The minimum atomic E-state index is -4.61. The van der Waals surface area contributed by atoms with E-state index in [4.69, 9.17) is 26.1 Å². The second-order valence-corrected chi connectivity index (χ2v) is 14.5. The number of nitrogens with one attached hydrogen (secondary N) is 1. The predicted molar refractivity (Wildman–Crippen MR) is 198 cm³/mol. The van der Waals surface area contributed by atoms with Crippen LogP contribution in [0, 0.1) is 18.8 Å². The van der Waals surface area contributed by atoms with Gasteiger partial charge in [0.1, 0.15) is 25.2 Å². The van der Waals surface area contributed by atoms with Gasteiger partial charge in [0, 0.05) is 32.1 Å². The van der Waals surface area contributed by atoms with Crippen molar-refractivity contribution < 1.29 is 32.2 Å². The summed E-state index contributed by atoms with van der Waals surface area (Å²) < 4.78 is 54.2. The van der Waals surface area contributed by atoms with Crippen molar-refractivity contribution in [1.82, 2.24) is 34.0 Å². The number of alkyl halides is 3. The van der Waals surface area contributed by atoms with E-state index in [2.05, 4.69) is 20.4 Å². The number of aryl methyl sites for hydroxylation is 1. The number of halogens is 4. The molecule has 2 saturated heterocycles. The first-order valence-electron chi connectivity index (χ1n) is 18.2. The maximum absolute atomic E-state index is 14.4. The average Bonchev–Trinajstić information content (AvgIpc) is 3.47. The molecule has 1 N–H and O–H groups in total. The Morgan fingerprint density at radius 1 is 1.04 bits per heavy atom. The van der Waals surface area contributed by atoms with Crippen LogP contribution in [0.2, 0.25) is 5.02 Å². The molecule has 56 heavy (non-hydrogen) atoms. The van der Waals surface area contributed by atoms with Crippen molar-refractivity contribution in [3.05, 3.63) is 104 Å². The molecule has 3 aromatic heterocycles.